The van der Waals surface area contributed by atoms with Crippen LogP contribution in [-0.2, 0) is 0 Å². The predicted molar refractivity (Wildman–Crippen MR) is 116 cm³/mol. The van der Waals surface area contributed by atoms with Gasteiger partial charge in [-0.05, 0) is 49.7 Å². The number of nitro groups is 1. The van der Waals surface area contributed by atoms with Gasteiger partial charge < -0.3 is 4.42 Å². The highest BCUT2D eigenvalue weighted by molar-refractivity contribution is 7.15. The van der Waals surface area contributed by atoms with E-state index in [0.29, 0.717) is 10.7 Å². The summed E-state index contributed by atoms with van der Waals surface area (Å²) in [5.41, 5.74) is 0.689. The number of aryl methyl sites for hydroxylation is 2. The molecule has 0 fully saturated rings. The molecule has 160 valence electrons. The second-order valence-electron chi connectivity index (χ2n) is 7.38. The van der Waals surface area contributed by atoms with Crippen molar-refractivity contribution in [1.82, 2.24) is 4.98 Å². The van der Waals surface area contributed by atoms with E-state index in [4.69, 9.17) is 4.42 Å². The maximum atomic E-state index is 13.8. The van der Waals surface area contributed by atoms with E-state index >= 15 is 0 Å². The Morgan fingerprint density at radius 1 is 1.16 bits per heavy atom. The van der Waals surface area contributed by atoms with Crippen LogP contribution in [0.2, 0.25) is 0 Å². The van der Waals surface area contributed by atoms with E-state index in [9.17, 15) is 24.1 Å². The summed E-state index contributed by atoms with van der Waals surface area (Å²) in [6, 6.07) is 8.18. The number of amides is 1. The Labute approximate surface area is 183 Å². The monoisotopic (exact) mass is 451 g/mol. The van der Waals surface area contributed by atoms with Gasteiger partial charge in [0.1, 0.15) is 11.4 Å². The number of aromatic nitrogens is 1. The lowest BCUT2D eigenvalue weighted by atomic mass is 9.98. The fourth-order valence-electron chi connectivity index (χ4n) is 3.79. The lowest BCUT2D eigenvalue weighted by Gasteiger charge is -2.22. The molecule has 2 aromatic heterocycles. The van der Waals surface area contributed by atoms with Crippen molar-refractivity contribution in [3.63, 3.8) is 0 Å². The van der Waals surface area contributed by atoms with Gasteiger partial charge in [-0.2, -0.15) is 0 Å². The molecule has 1 aliphatic heterocycles. The molecule has 0 radical (unpaired) electrons. The number of non-ortho nitro benzene ring substituents is 1. The number of nitro benzene ring substituents is 1. The molecular weight excluding hydrogens is 437 g/mol. The average Bonchev–Trinajstić information content (AvgIpc) is 3.25. The SMILES string of the molecule is Cc1nc(N2C(=O)c3oc4ccc(F)cc4c(=O)c3C2c2ccc([N+](=O)[O-])cc2)sc1C. The first-order valence-electron chi connectivity index (χ1n) is 9.54. The summed E-state index contributed by atoms with van der Waals surface area (Å²) in [5, 5.41) is 11.5. The fraction of sp³-hybridized carbons (Fsp3) is 0.136. The third-order valence-electron chi connectivity index (χ3n) is 5.48. The standard InChI is InChI=1S/C22H14FN3O5S/c1-10-11(2)32-22(24-10)25-18(12-3-6-14(7-4-12)26(29)30)17-19(27)15-9-13(23)5-8-16(15)31-20(17)21(25)28/h3-9,18H,1-2H3. The number of nitrogens with zero attached hydrogens (tertiary/aromatic N) is 3. The molecule has 5 rings (SSSR count). The lowest BCUT2D eigenvalue weighted by molar-refractivity contribution is -0.384. The summed E-state index contributed by atoms with van der Waals surface area (Å²) in [5.74, 6) is -1.31. The van der Waals surface area contributed by atoms with Crippen molar-refractivity contribution in [1.29, 1.82) is 0 Å². The smallest absolute Gasteiger partial charge is 0.297 e. The average molecular weight is 451 g/mol. The van der Waals surface area contributed by atoms with E-state index in [-0.39, 0.29) is 28.0 Å². The quantitative estimate of drug-likeness (QED) is 0.331. The van der Waals surface area contributed by atoms with Crippen LogP contribution in [-0.4, -0.2) is 15.8 Å². The molecule has 2 aromatic carbocycles. The van der Waals surface area contributed by atoms with Gasteiger partial charge in [-0.3, -0.25) is 24.6 Å². The molecule has 10 heteroatoms. The summed E-state index contributed by atoms with van der Waals surface area (Å²) in [4.78, 5) is 44.1. The lowest BCUT2D eigenvalue weighted by Crippen LogP contribution is -2.29. The number of anilines is 1. The minimum Gasteiger partial charge on any atom is -0.450 e. The predicted octanol–water partition coefficient (Wildman–Crippen LogP) is 4.66. The van der Waals surface area contributed by atoms with Crippen molar-refractivity contribution in [3.05, 3.63) is 96.1 Å². The fourth-order valence-corrected chi connectivity index (χ4v) is 4.73. The van der Waals surface area contributed by atoms with Gasteiger partial charge in [0.05, 0.1) is 27.6 Å². The Hall–Kier alpha value is -3.92. The molecule has 1 amide bonds. The van der Waals surface area contributed by atoms with Crippen LogP contribution in [0.5, 0.6) is 0 Å². The maximum absolute atomic E-state index is 13.8. The van der Waals surface area contributed by atoms with Gasteiger partial charge in [-0.25, -0.2) is 9.37 Å². The van der Waals surface area contributed by atoms with Crippen LogP contribution in [0, 0.1) is 29.8 Å². The minimum absolute atomic E-state index is 0.0109. The van der Waals surface area contributed by atoms with E-state index in [0.717, 1.165) is 22.7 Å². The van der Waals surface area contributed by atoms with Crippen LogP contribution in [0.15, 0.2) is 51.7 Å². The Kier molecular flexibility index (Phi) is 4.41. The number of rotatable bonds is 3. The molecule has 3 heterocycles. The number of carbonyl (C=O) groups is 1. The molecular formula is C22H14FN3O5S. The number of benzene rings is 2. The van der Waals surface area contributed by atoms with Crippen molar-refractivity contribution in [3.8, 4) is 0 Å². The molecule has 0 saturated heterocycles. The molecule has 0 N–H and O–H groups in total. The number of fused-ring (bicyclic) bond motifs is 2. The van der Waals surface area contributed by atoms with E-state index < -0.39 is 28.1 Å². The number of thiazole rings is 1. The van der Waals surface area contributed by atoms with E-state index in [2.05, 4.69) is 4.98 Å². The zero-order chi connectivity index (χ0) is 22.7. The first-order valence-corrected chi connectivity index (χ1v) is 10.4. The highest BCUT2D eigenvalue weighted by Gasteiger charge is 2.45. The van der Waals surface area contributed by atoms with E-state index in [1.54, 1.807) is 0 Å². The zero-order valence-electron chi connectivity index (χ0n) is 16.8. The first-order chi connectivity index (χ1) is 15.3. The van der Waals surface area contributed by atoms with Gasteiger partial charge in [0, 0.05) is 17.0 Å². The minimum atomic E-state index is -0.924. The van der Waals surface area contributed by atoms with Crippen molar-refractivity contribution in [2.75, 3.05) is 4.90 Å². The van der Waals surface area contributed by atoms with Crippen LogP contribution in [0.3, 0.4) is 0 Å². The molecule has 0 aliphatic carbocycles. The van der Waals surface area contributed by atoms with Crippen molar-refractivity contribution < 1.29 is 18.5 Å². The molecule has 0 spiro atoms. The van der Waals surface area contributed by atoms with Crippen molar-refractivity contribution >= 4 is 39.0 Å². The molecule has 1 unspecified atom stereocenters. The van der Waals surface area contributed by atoms with Crippen molar-refractivity contribution in [2.45, 2.75) is 19.9 Å². The normalized spacial score (nSPS) is 15.4. The summed E-state index contributed by atoms with van der Waals surface area (Å²) in [6.45, 7) is 3.68. The summed E-state index contributed by atoms with van der Waals surface area (Å²) < 4.78 is 19.6. The Bertz CT molecular complexity index is 1470. The third kappa shape index (κ3) is 2.91. The molecule has 1 aliphatic rings. The topological polar surface area (TPSA) is 107 Å². The first kappa shape index (κ1) is 20.0. The Morgan fingerprint density at radius 2 is 1.88 bits per heavy atom. The van der Waals surface area contributed by atoms with Gasteiger partial charge in [-0.1, -0.05) is 0 Å². The van der Waals surface area contributed by atoms with Gasteiger partial charge >= 0.3 is 0 Å². The van der Waals surface area contributed by atoms with Crippen LogP contribution in [0.4, 0.5) is 15.2 Å². The van der Waals surface area contributed by atoms with Gasteiger partial charge in [0.25, 0.3) is 11.6 Å². The largest absolute Gasteiger partial charge is 0.450 e. The molecule has 8 nitrogen and oxygen atoms in total. The Balaban J connectivity index is 1.79. The number of hydrogen-bond acceptors (Lipinski definition) is 7. The van der Waals surface area contributed by atoms with Gasteiger partial charge in [0.15, 0.2) is 10.6 Å². The molecule has 1 atom stereocenters. The number of hydrogen-bond donors (Lipinski definition) is 0. The molecule has 0 saturated carbocycles. The van der Waals surface area contributed by atoms with Crippen LogP contribution < -0.4 is 10.3 Å². The maximum Gasteiger partial charge on any atom is 0.297 e. The van der Waals surface area contributed by atoms with Gasteiger partial charge in [-0.15, -0.1) is 11.3 Å². The van der Waals surface area contributed by atoms with Gasteiger partial charge in [0.2, 0.25) is 5.76 Å². The third-order valence-corrected chi connectivity index (χ3v) is 6.55. The second-order valence-corrected chi connectivity index (χ2v) is 8.56. The highest BCUT2D eigenvalue weighted by atomic mass is 32.1. The highest BCUT2D eigenvalue weighted by Crippen LogP contribution is 2.43. The molecule has 4 aromatic rings. The van der Waals surface area contributed by atoms with Crippen LogP contribution in [0.1, 0.15) is 38.3 Å². The van der Waals surface area contributed by atoms with Crippen LogP contribution in [0.25, 0.3) is 11.0 Å². The molecule has 32 heavy (non-hydrogen) atoms. The second kappa shape index (κ2) is 7.06. The zero-order valence-corrected chi connectivity index (χ0v) is 17.6. The van der Waals surface area contributed by atoms with E-state index in [1.807, 2.05) is 13.8 Å². The Morgan fingerprint density at radius 3 is 2.50 bits per heavy atom. The summed E-state index contributed by atoms with van der Waals surface area (Å²) >= 11 is 1.29. The number of carbonyl (C=O) groups excluding carboxylic acids is 1. The summed E-state index contributed by atoms with van der Waals surface area (Å²) in [6.07, 6.45) is 0. The molecule has 0 bridgehead atoms. The summed E-state index contributed by atoms with van der Waals surface area (Å²) in [7, 11) is 0. The van der Waals surface area contributed by atoms with Crippen LogP contribution >= 0.6 is 11.3 Å². The van der Waals surface area contributed by atoms with Crippen molar-refractivity contribution in [2.24, 2.45) is 0 Å². The number of halogens is 1. The van der Waals surface area contributed by atoms with E-state index in [1.165, 1.54) is 46.6 Å².